The molecule has 1 aliphatic heterocycles. The Bertz CT molecular complexity index is 828. The second kappa shape index (κ2) is 11.8. The monoisotopic (exact) mass is 440 g/mol. The molecule has 0 aliphatic carbocycles. The second-order valence-corrected chi connectivity index (χ2v) is 9.46. The molecule has 0 aromatic carbocycles. The van der Waals surface area contributed by atoms with Crippen LogP contribution in [0.15, 0.2) is 12.1 Å². The van der Waals surface area contributed by atoms with Gasteiger partial charge in [0, 0.05) is 18.7 Å². The van der Waals surface area contributed by atoms with E-state index in [4.69, 9.17) is 5.14 Å². The van der Waals surface area contributed by atoms with Gasteiger partial charge in [-0.3, -0.25) is 4.79 Å². The predicted octanol–water partition coefficient (Wildman–Crippen LogP) is 1.57. The summed E-state index contributed by atoms with van der Waals surface area (Å²) in [7, 11) is -3.75. The number of aromatic nitrogens is 1. The third-order valence-corrected chi connectivity index (χ3v) is 5.90. The standard InChI is InChI=1S/C20H32N4O5S/c21-30(28,29)14-12-18(25)24-17(20(26)27)9-5-3-1-2-4-8-16-11-10-15-7-6-13-22-19(15)23-16/h10-11,17H,1-9,12-14H2,(H,22,23)(H,24,25)(H,26,27)(H2,21,28,29). The van der Waals surface area contributed by atoms with Crippen LogP contribution in [0.1, 0.15) is 62.6 Å². The van der Waals surface area contributed by atoms with E-state index in [1.165, 1.54) is 5.56 Å². The molecule has 1 unspecified atom stereocenters. The van der Waals surface area contributed by atoms with Gasteiger partial charge in [0.1, 0.15) is 11.9 Å². The molecule has 0 radical (unpaired) electrons. The molecule has 0 spiro atoms. The lowest BCUT2D eigenvalue weighted by atomic mass is 10.0. The fraction of sp³-hybridized carbons (Fsp3) is 0.650. The van der Waals surface area contributed by atoms with Crippen molar-refractivity contribution < 1.29 is 23.1 Å². The quantitative estimate of drug-likeness (QED) is 0.340. The molecule has 0 saturated heterocycles. The maximum Gasteiger partial charge on any atom is 0.326 e. The van der Waals surface area contributed by atoms with Gasteiger partial charge >= 0.3 is 5.97 Å². The Morgan fingerprint density at radius 1 is 1.20 bits per heavy atom. The predicted molar refractivity (Wildman–Crippen MR) is 115 cm³/mol. The number of nitrogens with two attached hydrogens (primary N) is 1. The zero-order valence-corrected chi connectivity index (χ0v) is 18.0. The smallest absolute Gasteiger partial charge is 0.326 e. The number of nitrogens with zero attached hydrogens (tertiary/aromatic N) is 1. The van der Waals surface area contributed by atoms with Crippen molar-refractivity contribution in [3.05, 3.63) is 23.4 Å². The Kier molecular flexibility index (Phi) is 9.51. The largest absolute Gasteiger partial charge is 0.480 e. The van der Waals surface area contributed by atoms with E-state index in [0.29, 0.717) is 12.8 Å². The highest BCUT2D eigenvalue weighted by molar-refractivity contribution is 7.89. The van der Waals surface area contributed by atoms with Gasteiger partial charge < -0.3 is 15.7 Å². The second-order valence-electron chi connectivity index (χ2n) is 7.72. The van der Waals surface area contributed by atoms with Gasteiger partial charge in [0.25, 0.3) is 0 Å². The van der Waals surface area contributed by atoms with Crippen molar-refractivity contribution in [1.82, 2.24) is 10.3 Å². The Morgan fingerprint density at radius 2 is 1.93 bits per heavy atom. The molecule has 30 heavy (non-hydrogen) atoms. The number of unbranched alkanes of at least 4 members (excludes halogenated alkanes) is 4. The van der Waals surface area contributed by atoms with Crippen molar-refractivity contribution in [3.8, 4) is 0 Å². The number of sulfonamides is 1. The minimum Gasteiger partial charge on any atom is -0.480 e. The highest BCUT2D eigenvalue weighted by atomic mass is 32.2. The zero-order chi connectivity index (χ0) is 22.0. The number of fused-ring (bicyclic) bond motifs is 1. The van der Waals surface area contributed by atoms with E-state index in [9.17, 15) is 23.1 Å². The summed E-state index contributed by atoms with van der Waals surface area (Å²) < 4.78 is 21.8. The molecule has 9 nitrogen and oxygen atoms in total. The summed E-state index contributed by atoms with van der Waals surface area (Å²) in [5, 5.41) is 19.8. The van der Waals surface area contributed by atoms with Gasteiger partial charge in [0.05, 0.1) is 5.75 Å². The zero-order valence-electron chi connectivity index (χ0n) is 17.2. The van der Waals surface area contributed by atoms with Crippen LogP contribution in [-0.4, -0.2) is 48.7 Å². The average Bonchev–Trinajstić information content (AvgIpc) is 2.70. The Balaban J connectivity index is 1.60. The number of anilines is 1. The fourth-order valence-corrected chi connectivity index (χ4v) is 3.92. The first-order chi connectivity index (χ1) is 14.2. The normalized spacial score (nSPS) is 14.4. The number of carboxylic acid groups (broad SMARTS) is 1. The molecule has 0 saturated carbocycles. The number of rotatable bonds is 13. The first-order valence-electron chi connectivity index (χ1n) is 10.5. The van der Waals surface area contributed by atoms with Crippen molar-refractivity contribution >= 4 is 27.7 Å². The van der Waals surface area contributed by atoms with Gasteiger partial charge in [-0.15, -0.1) is 0 Å². The van der Waals surface area contributed by atoms with Crippen LogP contribution in [0.3, 0.4) is 0 Å². The number of hydrogen-bond acceptors (Lipinski definition) is 6. The number of aliphatic carboxylic acids is 1. The lowest BCUT2D eigenvalue weighted by molar-refractivity contribution is -0.142. The van der Waals surface area contributed by atoms with E-state index >= 15 is 0 Å². The van der Waals surface area contributed by atoms with Crippen LogP contribution in [0.4, 0.5) is 5.82 Å². The molecule has 2 heterocycles. The van der Waals surface area contributed by atoms with Gasteiger partial charge in [0.15, 0.2) is 0 Å². The van der Waals surface area contributed by atoms with E-state index in [1.807, 2.05) is 0 Å². The van der Waals surface area contributed by atoms with Gasteiger partial charge in [-0.05, 0) is 43.7 Å². The molecule has 5 N–H and O–H groups in total. The minimum absolute atomic E-state index is 0.314. The number of pyridine rings is 1. The average molecular weight is 441 g/mol. The van der Waals surface area contributed by atoms with Crippen LogP contribution >= 0.6 is 0 Å². The Labute approximate surface area is 177 Å². The molecule has 168 valence electrons. The number of carbonyl (C=O) groups excluding carboxylic acids is 1. The fourth-order valence-electron chi connectivity index (χ4n) is 3.45. The number of carbonyl (C=O) groups is 2. The van der Waals surface area contributed by atoms with Crippen molar-refractivity contribution in [3.63, 3.8) is 0 Å². The molecule has 10 heteroatoms. The number of primary sulfonamides is 1. The van der Waals surface area contributed by atoms with Crippen LogP contribution in [0, 0.1) is 0 Å². The van der Waals surface area contributed by atoms with E-state index in [0.717, 1.165) is 63.0 Å². The first kappa shape index (κ1) is 24.1. The maximum absolute atomic E-state index is 11.7. The minimum atomic E-state index is -3.75. The molecule has 1 aliphatic rings. The summed E-state index contributed by atoms with van der Waals surface area (Å²) in [6, 6.07) is 3.25. The SMILES string of the molecule is NS(=O)(=O)CCC(=O)NC(CCCCCCCc1ccc2c(n1)NCCC2)C(=O)O. The molecule has 1 aromatic heterocycles. The van der Waals surface area contributed by atoms with Crippen molar-refractivity contribution in [2.45, 2.75) is 70.3 Å². The van der Waals surface area contributed by atoms with Crippen molar-refractivity contribution in [2.75, 3.05) is 17.6 Å². The molecule has 1 atom stereocenters. The maximum atomic E-state index is 11.7. The summed E-state index contributed by atoms with van der Waals surface area (Å²) in [6.07, 6.45) is 7.72. The van der Waals surface area contributed by atoms with E-state index in [-0.39, 0.29) is 6.42 Å². The van der Waals surface area contributed by atoms with E-state index < -0.39 is 33.7 Å². The molecule has 2 rings (SSSR count). The van der Waals surface area contributed by atoms with Crippen LogP contribution in [0.25, 0.3) is 0 Å². The third-order valence-electron chi connectivity index (χ3n) is 5.12. The summed E-state index contributed by atoms with van der Waals surface area (Å²) in [5.74, 6) is -1.22. The van der Waals surface area contributed by atoms with Crippen molar-refractivity contribution in [2.24, 2.45) is 5.14 Å². The van der Waals surface area contributed by atoms with Gasteiger partial charge in [-0.2, -0.15) is 0 Å². The highest BCUT2D eigenvalue weighted by Gasteiger charge is 2.20. The summed E-state index contributed by atoms with van der Waals surface area (Å²) in [6.45, 7) is 0.980. The number of nitrogens with one attached hydrogen (secondary N) is 2. The molecule has 1 aromatic rings. The Hall–Kier alpha value is -2.20. The lowest BCUT2D eigenvalue weighted by Crippen LogP contribution is -2.41. The van der Waals surface area contributed by atoms with Crippen molar-refractivity contribution in [1.29, 1.82) is 0 Å². The molecular weight excluding hydrogens is 408 g/mol. The molecule has 0 fully saturated rings. The van der Waals surface area contributed by atoms with Crippen LogP contribution < -0.4 is 15.8 Å². The lowest BCUT2D eigenvalue weighted by Gasteiger charge is -2.17. The van der Waals surface area contributed by atoms with E-state index in [2.05, 4.69) is 27.8 Å². The van der Waals surface area contributed by atoms with Crippen LogP contribution in [0.2, 0.25) is 0 Å². The number of carboxylic acids is 1. The molecule has 0 bridgehead atoms. The van der Waals surface area contributed by atoms with Crippen LogP contribution in [-0.2, 0) is 32.5 Å². The third kappa shape index (κ3) is 9.08. The van der Waals surface area contributed by atoms with Gasteiger partial charge in [-0.1, -0.05) is 31.7 Å². The number of amides is 1. The first-order valence-corrected chi connectivity index (χ1v) is 12.2. The summed E-state index contributed by atoms with van der Waals surface area (Å²) in [5.41, 5.74) is 2.38. The van der Waals surface area contributed by atoms with Gasteiger partial charge in [-0.25, -0.2) is 23.3 Å². The van der Waals surface area contributed by atoms with E-state index in [1.54, 1.807) is 0 Å². The number of aryl methyl sites for hydroxylation is 2. The topological polar surface area (TPSA) is 151 Å². The highest BCUT2D eigenvalue weighted by Crippen LogP contribution is 2.20. The Morgan fingerprint density at radius 3 is 2.67 bits per heavy atom. The summed E-state index contributed by atoms with van der Waals surface area (Å²) >= 11 is 0. The van der Waals surface area contributed by atoms with Gasteiger partial charge in [0.2, 0.25) is 15.9 Å². The number of hydrogen-bond donors (Lipinski definition) is 4. The molecule has 1 amide bonds. The van der Waals surface area contributed by atoms with Crippen LogP contribution in [0.5, 0.6) is 0 Å². The summed E-state index contributed by atoms with van der Waals surface area (Å²) in [4.78, 5) is 27.7. The molecular formula is C20H32N4O5S.